The van der Waals surface area contributed by atoms with Crippen LogP contribution in [0.5, 0.6) is 0 Å². The van der Waals surface area contributed by atoms with E-state index < -0.39 is 17.5 Å². The van der Waals surface area contributed by atoms with E-state index in [2.05, 4.69) is 20.5 Å². The summed E-state index contributed by atoms with van der Waals surface area (Å²) in [5.74, 6) is -0.0274. The summed E-state index contributed by atoms with van der Waals surface area (Å²) in [7, 11) is 0. The van der Waals surface area contributed by atoms with Gasteiger partial charge in [-0.2, -0.15) is 10.2 Å². The first-order valence-electron chi connectivity index (χ1n) is 8.34. The van der Waals surface area contributed by atoms with Crippen LogP contribution >= 0.6 is 0 Å². The lowest BCUT2D eigenvalue weighted by Gasteiger charge is -2.19. The van der Waals surface area contributed by atoms with Crippen LogP contribution in [0.25, 0.3) is 11.6 Å². The molecule has 3 aromatic heterocycles. The Hall–Kier alpha value is -3.49. The lowest BCUT2D eigenvalue weighted by Crippen LogP contribution is -2.34. The molecular weight excluding hydrogens is 348 g/mol. The molecule has 3 heterocycles. The second-order valence-electron chi connectivity index (χ2n) is 6.74. The molecule has 1 amide bonds. The molecule has 0 spiro atoms. The molecule has 0 radical (unpaired) electrons. The first kappa shape index (κ1) is 18.3. The Kier molecular flexibility index (Phi) is 5.02. The van der Waals surface area contributed by atoms with Gasteiger partial charge in [-0.3, -0.25) is 9.59 Å². The van der Waals surface area contributed by atoms with E-state index in [0.29, 0.717) is 17.2 Å². The molecule has 0 unspecified atom stereocenters. The van der Waals surface area contributed by atoms with E-state index >= 15 is 0 Å². The van der Waals surface area contributed by atoms with Crippen LogP contribution < -0.4 is 5.32 Å². The van der Waals surface area contributed by atoms with Gasteiger partial charge in [-0.15, -0.1) is 0 Å². The molecule has 140 valence electrons. The minimum Gasteiger partial charge on any atom is -0.459 e. The summed E-state index contributed by atoms with van der Waals surface area (Å²) < 4.78 is 8.27. The van der Waals surface area contributed by atoms with Gasteiger partial charge in [-0.05, 0) is 45.0 Å². The average molecular weight is 368 g/mol. The normalized spacial score (nSPS) is 11.2. The Balaban J connectivity index is 1.83. The average Bonchev–Trinajstić information content (AvgIpc) is 3.30. The summed E-state index contributed by atoms with van der Waals surface area (Å²) in [5, 5.41) is 10.9. The Labute approximate surface area is 156 Å². The van der Waals surface area contributed by atoms with Crippen LogP contribution in [0.4, 0.5) is 0 Å². The molecule has 9 heteroatoms. The SMILES string of the molecule is CC(C)(C)OC(=O)CNC(=O)c1cc(-n2cccn2)nc(-n2cccn2)c1. The Morgan fingerprint density at radius 2 is 1.59 bits per heavy atom. The molecule has 27 heavy (non-hydrogen) atoms. The van der Waals surface area contributed by atoms with E-state index in [1.54, 1.807) is 69.8 Å². The molecule has 0 aromatic carbocycles. The zero-order valence-electron chi connectivity index (χ0n) is 15.3. The number of nitrogens with zero attached hydrogens (tertiary/aromatic N) is 5. The van der Waals surface area contributed by atoms with Crippen molar-refractivity contribution < 1.29 is 14.3 Å². The molecule has 0 atom stereocenters. The van der Waals surface area contributed by atoms with Crippen molar-refractivity contribution in [2.45, 2.75) is 26.4 Å². The van der Waals surface area contributed by atoms with Crippen LogP contribution in [0.1, 0.15) is 31.1 Å². The molecule has 3 rings (SSSR count). The predicted octanol–water partition coefficient (Wildman–Crippen LogP) is 1.52. The molecule has 1 N–H and O–H groups in total. The van der Waals surface area contributed by atoms with E-state index in [9.17, 15) is 9.59 Å². The largest absolute Gasteiger partial charge is 0.459 e. The van der Waals surface area contributed by atoms with Gasteiger partial charge in [0.1, 0.15) is 12.1 Å². The van der Waals surface area contributed by atoms with Gasteiger partial charge in [0.15, 0.2) is 11.6 Å². The number of hydrogen-bond donors (Lipinski definition) is 1. The highest BCUT2D eigenvalue weighted by molar-refractivity contribution is 5.96. The van der Waals surface area contributed by atoms with E-state index in [1.807, 2.05) is 0 Å². The van der Waals surface area contributed by atoms with Gasteiger partial charge in [0.25, 0.3) is 5.91 Å². The highest BCUT2D eigenvalue weighted by Crippen LogP contribution is 2.13. The number of carbonyl (C=O) groups is 2. The van der Waals surface area contributed by atoms with Gasteiger partial charge in [0.05, 0.1) is 0 Å². The summed E-state index contributed by atoms with van der Waals surface area (Å²) in [5.41, 5.74) is -0.288. The number of amides is 1. The molecule has 9 nitrogen and oxygen atoms in total. The monoisotopic (exact) mass is 368 g/mol. The predicted molar refractivity (Wildman–Crippen MR) is 96.7 cm³/mol. The van der Waals surface area contributed by atoms with Crippen molar-refractivity contribution in [3.63, 3.8) is 0 Å². The Morgan fingerprint density at radius 1 is 1.04 bits per heavy atom. The first-order valence-corrected chi connectivity index (χ1v) is 8.34. The van der Waals surface area contributed by atoms with Crippen LogP contribution in [0.2, 0.25) is 0 Å². The van der Waals surface area contributed by atoms with Crippen LogP contribution in [-0.4, -0.2) is 48.6 Å². The molecule has 0 fully saturated rings. The fourth-order valence-electron chi connectivity index (χ4n) is 2.31. The number of ether oxygens (including phenoxy) is 1. The van der Waals surface area contributed by atoms with Crippen molar-refractivity contribution in [3.8, 4) is 11.6 Å². The number of carbonyl (C=O) groups excluding carboxylic acids is 2. The summed E-state index contributed by atoms with van der Waals surface area (Å²) in [4.78, 5) is 28.9. The maximum Gasteiger partial charge on any atom is 0.325 e. The third-order valence-electron chi connectivity index (χ3n) is 3.35. The standard InChI is InChI=1S/C18H20N6O3/c1-18(2,3)27-16(25)12-19-17(26)13-10-14(23-8-4-6-20-23)22-15(11-13)24-9-5-7-21-24/h4-11H,12H2,1-3H3,(H,19,26). The fraction of sp³-hybridized carbons (Fsp3) is 0.278. The molecule has 0 aliphatic rings. The van der Waals surface area contributed by atoms with Crippen molar-refractivity contribution in [1.29, 1.82) is 0 Å². The zero-order chi connectivity index (χ0) is 19.4. The zero-order valence-corrected chi connectivity index (χ0v) is 15.3. The summed E-state index contributed by atoms with van der Waals surface area (Å²) in [6.07, 6.45) is 6.67. The minimum atomic E-state index is -0.612. The molecular formula is C18H20N6O3. The molecule has 3 aromatic rings. The Bertz CT molecular complexity index is 874. The lowest BCUT2D eigenvalue weighted by molar-refractivity contribution is -0.153. The van der Waals surface area contributed by atoms with Gasteiger partial charge in [-0.1, -0.05) is 0 Å². The number of nitrogens with one attached hydrogen (secondary N) is 1. The summed E-state index contributed by atoms with van der Waals surface area (Å²) >= 11 is 0. The number of rotatable bonds is 5. The maximum absolute atomic E-state index is 12.6. The van der Waals surface area contributed by atoms with Gasteiger partial charge < -0.3 is 10.1 Å². The number of hydrogen-bond acceptors (Lipinski definition) is 6. The maximum atomic E-state index is 12.6. The quantitative estimate of drug-likeness (QED) is 0.685. The van der Waals surface area contributed by atoms with Crippen LogP contribution in [0.15, 0.2) is 49.1 Å². The second-order valence-corrected chi connectivity index (χ2v) is 6.74. The first-order chi connectivity index (χ1) is 12.8. The molecule has 0 bridgehead atoms. The lowest BCUT2D eigenvalue weighted by atomic mass is 10.2. The van der Waals surface area contributed by atoms with E-state index in [0.717, 1.165) is 0 Å². The highest BCUT2D eigenvalue weighted by atomic mass is 16.6. The molecule has 0 aliphatic heterocycles. The van der Waals surface area contributed by atoms with Gasteiger partial charge in [0, 0.05) is 30.4 Å². The highest BCUT2D eigenvalue weighted by Gasteiger charge is 2.18. The van der Waals surface area contributed by atoms with Crippen molar-refractivity contribution >= 4 is 11.9 Å². The molecule has 0 saturated carbocycles. The van der Waals surface area contributed by atoms with E-state index in [1.165, 1.54) is 9.36 Å². The van der Waals surface area contributed by atoms with Gasteiger partial charge >= 0.3 is 5.97 Å². The number of aromatic nitrogens is 5. The molecule has 0 aliphatic carbocycles. The summed E-state index contributed by atoms with van der Waals surface area (Å²) in [6.45, 7) is 5.07. The third kappa shape index (κ3) is 4.78. The Morgan fingerprint density at radius 3 is 2.04 bits per heavy atom. The smallest absolute Gasteiger partial charge is 0.325 e. The summed E-state index contributed by atoms with van der Waals surface area (Å²) in [6, 6.07) is 6.68. The molecule has 0 saturated heterocycles. The van der Waals surface area contributed by atoms with Crippen LogP contribution in [0, 0.1) is 0 Å². The minimum absolute atomic E-state index is 0.230. The van der Waals surface area contributed by atoms with Crippen molar-refractivity contribution in [2.75, 3.05) is 6.54 Å². The van der Waals surface area contributed by atoms with Gasteiger partial charge in [-0.25, -0.2) is 14.3 Å². The van der Waals surface area contributed by atoms with Crippen LogP contribution in [0.3, 0.4) is 0 Å². The van der Waals surface area contributed by atoms with E-state index in [-0.39, 0.29) is 6.54 Å². The topological polar surface area (TPSA) is 104 Å². The number of pyridine rings is 1. The van der Waals surface area contributed by atoms with Gasteiger partial charge in [0.2, 0.25) is 0 Å². The van der Waals surface area contributed by atoms with Crippen molar-refractivity contribution in [2.24, 2.45) is 0 Å². The third-order valence-corrected chi connectivity index (χ3v) is 3.35. The van der Waals surface area contributed by atoms with E-state index in [4.69, 9.17) is 4.74 Å². The number of esters is 1. The van der Waals surface area contributed by atoms with Crippen LogP contribution in [-0.2, 0) is 9.53 Å². The second kappa shape index (κ2) is 7.40. The van der Waals surface area contributed by atoms with Crippen molar-refractivity contribution in [3.05, 3.63) is 54.6 Å². The fourth-order valence-corrected chi connectivity index (χ4v) is 2.31. The van der Waals surface area contributed by atoms with Crippen molar-refractivity contribution in [1.82, 2.24) is 29.9 Å².